The number of aryl methyl sites for hydroxylation is 1. The van der Waals surface area contributed by atoms with E-state index in [-0.39, 0.29) is 21.2 Å². The molecule has 0 aliphatic carbocycles. The van der Waals surface area contributed by atoms with Crippen molar-refractivity contribution in [1.82, 2.24) is 0 Å². The highest BCUT2D eigenvalue weighted by atomic mass is 79.9. The maximum Gasteiger partial charge on any atom is 0.197 e. The molecule has 1 heterocycles. The first kappa shape index (κ1) is 11.6. The summed E-state index contributed by atoms with van der Waals surface area (Å²) in [4.78, 5) is 11.9. The fraction of sp³-hybridized carbons (Fsp3) is 0.182. The number of hydrogen-bond acceptors (Lipinski definition) is 2. The first-order chi connectivity index (χ1) is 7.54. The topological polar surface area (TPSA) is 30.2 Å². The number of rotatable bonds is 1. The van der Waals surface area contributed by atoms with Crippen molar-refractivity contribution in [3.8, 4) is 0 Å². The van der Waals surface area contributed by atoms with Crippen molar-refractivity contribution >= 4 is 38.5 Å². The fourth-order valence-electron chi connectivity index (χ4n) is 1.49. The Kier molecular flexibility index (Phi) is 3.04. The molecule has 84 valence electrons. The third-order valence-electron chi connectivity index (χ3n) is 2.36. The molecule has 2 rings (SSSR count). The van der Waals surface area contributed by atoms with Gasteiger partial charge in [0.15, 0.2) is 5.43 Å². The first-order valence-electron chi connectivity index (χ1n) is 4.52. The summed E-state index contributed by atoms with van der Waals surface area (Å²) < 4.78 is 19.0. The van der Waals surface area contributed by atoms with Crippen LogP contribution in [0.1, 0.15) is 11.3 Å². The molecule has 0 N–H and O–H groups in total. The molecule has 0 saturated heterocycles. The second-order valence-corrected chi connectivity index (χ2v) is 4.48. The minimum Gasteiger partial charge on any atom is -0.461 e. The zero-order valence-corrected chi connectivity index (χ0v) is 10.7. The van der Waals surface area contributed by atoms with E-state index in [1.165, 1.54) is 6.07 Å². The Morgan fingerprint density at radius 1 is 1.50 bits per heavy atom. The molecule has 5 heteroatoms. The Balaban J connectivity index is 2.94. The van der Waals surface area contributed by atoms with E-state index < -0.39 is 5.82 Å². The lowest BCUT2D eigenvalue weighted by molar-refractivity contribution is 0.554. The quantitative estimate of drug-likeness (QED) is 0.751. The van der Waals surface area contributed by atoms with Crippen LogP contribution in [0.25, 0.3) is 11.0 Å². The molecule has 0 amide bonds. The van der Waals surface area contributed by atoms with Gasteiger partial charge in [-0.2, -0.15) is 0 Å². The molecule has 0 atom stereocenters. The zero-order valence-electron chi connectivity index (χ0n) is 8.31. The first-order valence-corrected chi connectivity index (χ1v) is 5.84. The van der Waals surface area contributed by atoms with E-state index in [0.717, 1.165) is 6.07 Å². The van der Waals surface area contributed by atoms with Gasteiger partial charge in [-0.15, -0.1) is 11.6 Å². The molecule has 2 nitrogen and oxygen atoms in total. The Bertz CT molecular complexity index is 621. The van der Waals surface area contributed by atoms with Crippen LogP contribution in [0, 0.1) is 12.7 Å². The highest BCUT2D eigenvalue weighted by Gasteiger charge is 2.12. The van der Waals surface area contributed by atoms with Crippen molar-refractivity contribution in [3.63, 3.8) is 0 Å². The minimum atomic E-state index is -0.496. The van der Waals surface area contributed by atoms with Gasteiger partial charge < -0.3 is 4.42 Å². The van der Waals surface area contributed by atoms with Gasteiger partial charge in [0.2, 0.25) is 0 Å². The molecule has 0 radical (unpaired) electrons. The van der Waals surface area contributed by atoms with Crippen molar-refractivity contribution < 1.29 is 8.81 Å². The lowest BCUT2D eigenvalue weighted by Gasteiger charge is -2.04. The summed E-state index contributed by atoms with van der Waals surface area (Å²) >= 11 is 8.68. The van der Waals surface area contributed by atoms with E-state index in [1.54, 1.807) is 6.92 Å². The van der Waals surface area contributed by atoms with E-state index in [1.807, 2.05) is 0 Å². The van der Waals surface area contributed by atoms with E-state index in [9.17, 15) is 9.18 Å². The van der Waals surface area contributed by atoms with Crippen molar-refractivity contribution in [3.05, 3.63) is 44.0 Å². The summed E-state index contributed by atoms with van der Waals surface area (Å²) in [5.41, 5.74) is 0.445. The van der Waals surface area contributed by atoms with Crippen molar-refractivity contribution in [2.45, 2.75) is 12.8 Å². The molecule has 0 aliphatic heterocycles. The highest BCUT2D eigenvalue weighted by molar-refractivity contribution is 9.10. The van der Waals surface area contributed by atoms with Crippen LogP contribution < -0.4 is 5.43 Å². The number of benzene rings is 1. The van der Waals surface area contributed by atoms with Gasteiger partial charge in [0, 0.05) is 0 Å². The van der Waals surface area contributed by atoms with Crippen LogP contribution in [0.15, 0.2) is 25.8 Å². The summed E-state index contributed by atoms with van der Waals surface area (Å²) in [6, 6.07) is 2.60. The molecular weight excluding hydrogens is 298 g/mol. The van der Waals surface area contributed by atoms with Gasteiger partial charge in [-0.1, -0.05) is 0 Å². The second-order valence-electron chi connectivity index (χ2n) is 3.36. The Hall–Kier alpha value is -0.870. The fourth-order valence-corrected chi connectivity index (χ4v) is 2.13. The number of hydrogen-bond donors (Lipinski definition) is 0. The van der Waals surface area contributed by atoms with Gasteiger partial charge >= 0.3 is 0 Å². The molecule has 0 saturated carbocycles. The van der Waals surface area contributed by atoms with Gasteiger partial charge in [-0.3, -0.25) is 4.79 Å². The largest absolute Gasteiger partial charge is 0.461 e. The SMILES string of the molecule is Cc1oc2cc(Br)c(F)cc2c(=O)c1CCl. The van der Waals surface area contributed by atoms with Gasteiger partial charge in [-0.05, 0) is 35.0 Å². The molecule has 16 heavy (non-hydrogen) atoms. The molecule has 0 fully saturated rings. The predicted octanol–water partition coefficient (Wildman–Crippen LogP) is 3.74. The van der Waals surface area contributed by atoms with Crippen LogP contribution in [-0.4, -0.2) is 0 Å². The monoisotopic (exact) mass is 304 g/mol. The molecule has 1 aromatic heterocycles. The average molecular weight is 306 g/mol. The van der Waals surface area contributed by atoms with Crippen molar-refractivity contribution in [2.24, 2.45) is 0 Å². The van der Waals surface area contributed by atoms with Crippen LogP contribution in [0.5, 0.6) is 0 Å². The van der Waals surface area contributed by atoms with Crippen molar-refractivity contribution in [1.29, 1.82) is 0 Å². The average Bonchev–Trinajstić information content (AvgIpc) is 2.22. The van der Waals surface area contributed by atoms with Crippen molar-refractivity contribution in [2.75, 3.05) is 0 Å². The van der Waals surface area contributed by atoms with E-state index in [4.69, 9.17) is 16.0 Å². The lowest BCUT2D eigenvalue weighted by atomic mass is 10.1. The molecular formula is C11H7BrClFO2. The number of fused-ring (bicyclic) bond motifs is 1. The van der Waals surface area contributed by atoms with Gasteiger partial charge in [0.05, 0.1) is 21.3 Å². The normalized spacial score (nSPS) is 11.0. The molecule has 0 aliphatic rings. The van der Waals surface area contributed by atoms with Crippen LogP contribution in [0.3, 0.4) is 0 Å². The molecule has 0 spiro atoms. The van der Waals surface area contributed by atoms with Gasteiger partial charge in [-0.25, -0.2) is 4.39 Å². The van der Waals surface area contributed by atoms with Gasteiger partial charge in [0.1, 0.15) is 17.2 Å². The summed E-state index contributed by atoms with van der Waals surface area (Å²) in [6.07, 6.45) is 0. The number of halogens is 3. The summed E-state index contributed by atoms with van der Waals surface area (Å²) in [5, 5.41) is 0.210. The van der Waals surface area contributed by atoms with Crippen LogP contribution in [-0.2, 0) is 5.88 Å². The summed E-state index contributed by atoms with van der Waals surface area (Å²) in [7, 11) is 0. The minimum absolute atomic E-state index is 0.0573. The van der Waals surface area contributed by atoms with Crippen LogP contribution >= 0.6 is 27.5 Å². The Morgan fingerprint density at radius 3 is 2.81 bits per heavy atom. The van der Waals surface area contributed by atoms with E-state index in [0.29, 0.717) is 16.9 Å². The highest BCUT2D eigenvalue weighted by Crippen LogP contribution is 2.23. The summed E-state index contributed by atoms with van der Waals surface area (Å²) in [5.74, 6) is 0.0251. The second kappa shape index (κ2) is 4.18. The van der Waals surface area contributed by atoms with Crippen LogP contribution in [0.2, 0.25) is 0 Å². The predicted molar refractivity (Wildman–Crippen MR) is 64.4 cm³/mol. The molecule has 2 aromatic rings. The third kappa shape index (κ3) is 1.76. The number of alkyl halides is 1. The summed E-state index contributed by atoms with van der Waals surface area (Å²) in [6.45, 7) is 1.66. The standard InChI is InChI=1S/C11H7BrClFO2/c1-5-7(4-13)11(15)6-2-9(14)8(12)3-10(6)16-5/h2-3H,4H2,1H3. The maximum absolute atomic E-state index is 13.3. The van der Waals surface area contributed by atoms with Gasteiger partial charge in [0.25, 0.3) is 0 Å². The van der Waals surface area contributed by atoms with E-state index >= 15 is 0 Å². The molecule has 1 aromatic carbocycles. The zero-order chi connectivity index (χ0) is 11.9. The van der Waals surface area contributed by atoms with E-state index in [2.05, 4.69) is 15.9 Å². The molecule has 0 unspecified atom stereocenters. The third-order valence-corrected chi connectivity index (χ3v) is 3.24. The van der Waals surface area contributed by atoms with Crippen LogP contribution in [0.4, 0.5) is 4.39 Å². The molecule has 0 bridgehead atoms. The Morgan fingerprint density at radius 2 is 2.19 bits per heavy atom. The smallest absolute Gasteiger partial charge is 0.197 e. The maximum atomic E-state index is 13.3. The lowest BCUT2D eigenvalue weighted by Crippen LogP contribution is -2.10. The Labute approximate surface area is 104 Å².